The highest BCUT2D eigenvalue weighted by molar-refractivity contribution is 7.89. The third-order valence-electron chi connectivity index (χ3n) is 7.11. The number of rotatable bonds is 11. The van der Waals surface area contributed by atoms with Gasteiger partial charge in [0, 0.05) is 11.6 Å². The van der Waals surface area contributed by atoms with E-state index < -0.39 is 20.0 Å². The second-order valence-corrected chi connectivity index (χ2v) is 13.9. The molecule has 0 aliphatic heterocycles. The number of nitrogens with zero attached hydrogens (tertiary/aromatic N) is 4. The van der Waals surface area contributed by atoms with Crippen molar-refractivity contribution in [3.8, 4) is 11.4 Å². The Morgan fingerprint density at radius 1 is 0.587 bits per heavy atom. The maximum Gasteiger partial charge on any atom is 0.240 e. The van der Waals surface area contributed by atoms with Gasteiger partial charge in [-0.25, -0.2) is 36.2 Å². The highest BCUT2D eigenvalue weighted by atomic mass is 32.2. The fourth-order valence-electron chi connectivity index (χ4n) is 4.42. The van der Waals surface area contributed by atoms with Crippen LogP contribution in [0.1, 0.15) is 25.0 Å². The fourth-order valence-corrected chi connectivity index (χ4v) is 5.88. The highest BCUT2D eigenvalue weighted by Crippen LogP contribution is 2.25. The van der Waals surface area contributed by atoms with Crippen molar-refractivity contribution in [3.05, 3.63) is 108 Å². The average Bonchev–Trinajstić information content (AvgIpc) is 3.09. The normalized spacial score (nSPS) is 12.7. The summed E-state index contributed by atoms with van der Waals surface area (Å²) < 4.78 is 52.9. The average molecular weight is 657 g/mol. The van der Waals surface area contributed by atoms with Crippen LogP contribution in [0.3, 0.4) is 0 Å². The number of hydrogen-bond donors (Lipinski definition) is 4. The van der Waals surface area contributed by atoms with Crippen LogP contribution < -0.4 is 20.3 Å². The standard InChI is InChI=1S/C32H32N8O4S2/c1-21(23-11-15-28(16-12-23)45(41,42)33-3)37-39-30-20-31(36-32(35-30)27-10-9-25-7-5-6-8-26(25)19-27)40-38-22(2)24-13-17-29(18-14-24)46(43,44)34-4/h5-20,33-34H,1-4H3,(H2,35,36,39,40). The molecule has 5 rings (SSSR count). The zero-order valence-corrected chi connectivity index (χ0v) is 27.1. The molecule has 12 nitrogen and oxygen atoms in total. The zero-order valence-electron chi connectivity index (χ0n) is 25.5. The second kappa shape index (κ2) is 13.5. The quantitative estimate of drug-likeness (QED) is 0.116. The minimum atomic E-state index is -3.55. The van der Waals surface area contributed by atoms with Crippen molar-refractivity contribution in [2.24, 2.45) is 10.2 Å². The van der Waals surface area contributed by atoms with Gasteiger partial charge in [0.1, 0.15) is 0 Å². The molecule has 0 atom stereocenters. The molecule has 0 saturated heterocycles. The largest absolute Gasteiger partial charge is 0.261 e. The third-order valence-corrected chi connectivity index (χ3v) is 9.97. The SMILES string of the molecule is CNS(=O)(=O)c1ccc(C(C)=NNc2cc(NN=C(C)c3ccc(S(=O)(=O)NC)cc3)nc(-c3ccc4ccccc4c3)n2)cc1. The molecule has 0 unspecified atom stereocenters. The van der Waals surface area contributed by atoms with Crippen molar-refractivity contribution in [2.45, 2.75) is 23.6 Å². The molecule has 0 fully saturated rings. The predicted octanol–water partition coefficient (Wildman–Crippen LogP) is 4.79. The molecule has 14 heteroatoms. The molecular formula is C32H32N8O4S2. The van der Waals surface area contributed by atoms with Gasteiger partial charge in [-0.2, -0.15) is 10.2 Å². The van der Waals surface area contributed by atoms with E-state index in [2.05, 4.69) is 30.5 Å². The molecule has 0 aliphatic carbocycles. The number of fused-ring (bicyclic) bond motifs is 1. The molecule has 0 bridgehead atoms. The lowest BCUT2D eigenvalue weighted by molar-refractivity contribution is 0.586. The number of anilines is 2. The Balaban J connectivity index is 1.45. The number of aromatic nitrogens is 2. The second-order valence-electron chi connectivity index (χ2n) is 10.1. The van der Waals surface area contributed by atoms with Gasteiger partial charge >= 0.3 is 0 Å². The van der Waals surface area contributed by atoms with Crippen molar-refractivity contribution in [2.75, 3.05) is 24.9 Å². The van der Waals surface area contributed by atoms with Crippen LogP contribution in [0.15, 0.2) is 117 Å². The van der Waals surface area contributed by atoms with E-state index in [0.717, 1.165) is 27.5 Å². The summed E-state index contributed by atoms with van der Waals surface area (Å²) in [7, 11) is -4.38. The molecule has 1 heterocycles. The Labute approximate surface area is 267 Å². The third kappa shape index (κ3) is 7.43. The van der Waals surface area contributed by atoms with Gasteiger partial charge in [-0.05, 0) is 80.2 Å². The first-order chi connectivity index (χ1) is 22.0. The topological polar surface area (TPSA) is 167 Å². The molecule has 1 aromatic heterocycles. The van der Waals surface area contributed by atoms with Crippen LogP contribution in [-0.2, 0) is 20.0 Å². The van der Waals surface area contributed by atoms with E-state index in [1.54, 1.807) is 44.2 Å². The van der Waals surface area contributed by atoms with Crippen LogP contribution in [0.25, 0.3) is 22.2 Å². The van der Waals surface area contributed by atoms with Crippen LogP contribution in [-0.4, -0.2) is 52.3 Å². The lowest BCUT2D eigenvalue weighted by Gasteiger charge is -2.10. The van der Waals surface area contributed by atoms with E-state index in [-0.39, 0.29) is 9.79 Å². The van der Waals surface area contributed by atoms with Gasteiger partial charge in [0.2, 0.25) is 20.0 Å². The monoisotopic (exact) mass is 656 g/mol. The van der Waals surface area contributed by atoms with Crippen molar-refractivity contribution in [3.63, 3.8) is 0 Å². The Bertz CT molecular complexity index is 2050. The molecule has 4 aromatic carbocycles. The first-order valence-electron chi connectivity index (χ1n) is 14.1. The Morgan fingerprint density at radius 2 is 1.04 bits per heavy atom. The van der Waals surface area contributed by atoms with Gasteiger partial charge in [0.15, 0.2) is 17.5 Å². The number of hydrogen-bond acceptors (Lipinski definition) is 10. The first kappa shape index (κ1) is 32.4. The van der Waals surface area contributed by atoms with Gasteiger partial charge < -0.3 is 0 Å². The Kier molecular flexibility index (Phi) is 9.53. The van der Waals surface area contributed by atoms with Gasteiger partial charge in [-0.3, -0.25) is 10.9 Å². The van der Waals surface area contributed by atoms with Crippen molar-refractivity contribution >= 4 is 53.9 Å². The first-order valence-corrected chi connectivity index (χ1v) is 17.0. The summed E-state index contributed by atoms with van der Waals surface area (Å²) in [5, 5.41) is 11.1. The van der Waals surface area contributed by atoms with Crippen LogP contribution in [0.2, 0.25) is 0 Å². The van der Waals surface area contributed by atoms with Gasteiger partial charge in [-0.15, -0.1) is 0 Å². The molecule has 0 spiro atoms. The summed E-state index contributed by atoms with van der Waals surface area (Å²) >= 11 is 0. The van der Waals surface area contributed by atoms with Crippen LogP contribution in [0.5, 0.6) is 0 Å². The van der Waals surface area contributed by atoms with Gasteiger partial charge in [0.05, 0.1) is 21.2 Å². The zero-order chi connectivity index (χ0) is 32.9. The van der Waals surface area contributed by atoms with E-state index in [9.17, 15) is 16.8 Å². The molecule has 236 valence electrons. The predicted molar refractivity (Wildman–Crippen MR) is 182 cm³/mol. The van der Waals surface area contributed by atoms with Crippen LogP contribution in [0, 0.1) is 0 Å². The summed E-state index contributed by atoms with van der Waals surface area (Å²) in [6.07, 6.45) is 0. The minimum absolute atomic E-state index is 0.154. The van der Waals surface area contributed by atoms with E-state index >= 15 is 0 Å². The van der Waals surface area contributed by atoms with Crippen LogP contribution >= 0.6 is 0 Å². The summed E-state index contributed by atoms with van der Waals surface area (Å²) in [5.74, 6) is 1.22. The van der Waals surface area contributed by atoms with Gasteiger partial charge in [0.25, 0.3) is 0 Å². The van der Waals surface area contributed by atoms with Crippen molar-refractivity contribution < 1.29 is 16.8 Å². The van der Waals surface area contributed by atoms with Crippen LogP contribution in [0.4, 0.5) is 11.6 Å². The molecule has 46 heavy (non-hydrogen) atoms. The maximum atomic E-state index is 12.1. The van der Waals surface area contributed by atoms with Gasteiger partial charge in [-0.1, -0.05) is 60.7 Å². The lowest BCUT2D eigenvalue weighted by Crippen LogP contribution is -2.18. The Hall–Kier alpha value is -5.02. The van der Waals surface area contributed by atoms with E-state index in [1.807, 2.05) is 42.5 Å². The van der Waals surface area contributed by atoms with E-state index in [4.69, 9.17) is 9.97 Å². The summed E-state index contributed by atoms with van der Waals surface area (Å²) in [4.78, 5) is 9.69. The number of benzene rings is 4. The molecule has 4 N–H and O–H groups in total. The fraction of sp³-hybridized carbons (Fsp3) is 0.125. The minimum Gasteiger partial charge on any atom is -0.261 e. The Morgan fingerprint density at radius 3 is 1.50 bits per heavy atom. The molecular weight excluding hydrogens is 625 g/mol. The number of sulfonamides is 2. The molecule has 0 radical (unpaired) electrons. The maximum absolute atomic E-state index is 12.1. The van der Waals surface area contributed by atoms with E-state index in [0.29, 0.717) is 28.9 Å². The summed E-state index contributed by atoms with van der Waals surface area (Å²) in [6, 6.07) is 28.3. The molecule has 0 saturated carbocycles. The molecule has 0 aliphatic rings. The van der Waals surface area contributed by atoms with Crippen molar-refractivity contribution in [1.29, 1.82) is 0 Å². The number of hydrazone groups is 2. The molecule has 5 aromatic rings. The summed E-state index contributed by atoms with van der Waals surface area (Å²) in [5.41, 5.74) is 9.41. The molecule has 0 amide bonds. The highest BCUT2D eigenvalue weighted by Gasteiger charge is 2.13. The van der Waals surface area contributed by atoms with Crippen molar-refractivity contribution in [1.82, 2.24) is 19.4 Å². The number of nitrogens with one attached hydrogen (secondary N) is 4. The summed E-state index contributed by atoms with van der Waals surface area (Å²) in [6.45, 7) is 3.58. The lowest BCUT2D eigenvalue weighted by atomic mass is 10.1. The van der Waals surface area contributed by atoms with E-state index in [1.165, 1.54) is 38.4 Å². The smallest absolute Gasteiger partial charge is 0.240 e.